The van der Waals surface area contributed by atoms with Crippen LogP contribution in [0.5, 0.6) is 5.75 Å². The van der Waals surface area contributed by atoms with Crippen LogP contribution in [0.3, 0.4) is 0 Å². The summed E-state index contributed by atoms with van der Waals surface area (Å²) in [5.41, 5.74) is 7.61. The van der Waals surface area contributed by atoms with Crippen LogP contribution in [0.4, 0.5) is 11.4 Å². The molecule has 4 aromatic carbocycles. The van der Waals surface area contributed by atoms with Crippen molar-refractivity contribution in [3.05, 3.63) is 126 Å². The lowest BCUT2D eigenvalue weighted by Gasteiger charge is -2.12. The summed E-state index contributed by atoms with van der Waals surface area (Å²) in [6.45, 7) is 0. The Bertz CT molecular complexity index is 1600. The molecule has 10 heteroatoms. The summed E-state index contributed by atoms with van der Waals surface area (Å²) in [6.07, 6.45) is 1.58. The molecule has 0 aliphatic heterocycles. The fourth-order valence-corrected chi connectivity index (χ4v) is 4.48. The Hall–Kier alpha value is -5.35. The van der Waals surface area contributed by atoms with Crippen LogP contribution in [0.1, 0.15) is 26.3 Å². The van der Waals surface area contributed by atoms with E-state index >= 15 is 0 Å². The van der Waals surface area contributed by atoms with E-state index in [1.165, 1.54) is 11.8 Å². The number of ether oxygens (including phenoxy) is 1. The van der Waals surface area contributed by atoms with Crippen molar-refractivity contribution in [2.75, 3.05) is 23.5 Å². The number of carbonyl (C=O) groups excluding carboxylic acids is 4. The van der Waals surface area contributed by atoms with Crippen LogP contribution in [0.15, 0.2) is 114 Å². The van der Waals surface area contributed by atoms with Gasteiger partial charge in [-0.05, 0) is 72.3 Å². The van der Waals surface area contributed by atoms with Gasteiger partial charge in [-0.3, -0.25) is 19.2 Å². The molecule has 4 amide bonds. The molecule has 4 aromatic rings. The van der Waals surface area contributed by atoms with Crippen molar-refractivity contribution in [3.63, 3.8) is 0 Å². The zero-order chi connectivity index (χ0) is 29.9. The summed E-state index contributed by atoms with van der Waals surface area (Å²) in [7, 11) is 1.56. The van der Waals surface area contributed by atoms with Gasteiger partial charge in [0.05, 0.1) is 24.1 Å². The second-order valence-corrected chi connectivity index (χ2v) is 9.93. The van der Waals surface area contributed by atoms with Gasteiger partial charge in [0.15, 0.2) is 0 Å². The molecule has 5 N–H and O–H groups in total. The minimum absolute atomic E-state index is 0.0559. The Labute approximate surface area is 247 Å². The molecule has 42 heavy (non-hydrogen) atoms. The number of nitrogens with one attached hydrogen (secondary N) is 3. The zero-order valence-electron chi connectivity index (χ0n) is 22.6. The molecule has 0 unspecified atom stereocenters. The summed E-state index contributed by atoms with van der Waals surface area (Å²) >= 11 is 1.29. The number of methoxy groups -OCH3 is 1. The van der Waals surface area contributed by atoms with E-state index in [2.05, 4.69) is 16.0 Å². The quantitative estimate of drug-likeness (QED) is 0.146. The van der Waals surface area contributed by atoms with E-state index in [1.807, 2.05) is 0 Å². The van der Waals surface area contributed by atoms with E-state index in [-0.39, 0.29) is 22.9 Å². The third-order valence-corrected chi connectivity index (χ3v) is 6.92. The fraction of sp³-hybridized carbons (Fsp3) is 0.0625. The lowest BCUT2D eigenvalue weighted by atomic mass is 10.1. The van der Waals surface area contributed by atoms with E-state index in [0.717, 1.165) is 4.90 Å². The highest BCUT2D eigenvalue weighted by Gasteiger charge is 2.16. The molecular weight excluding hydrogens is 552 g/mol. The maximum atomic E-state index is 13.2. The molecule has 0 atom stereocenters. The van der Waals surface area contributed by atoms with Crippen LogP contribution in [0.2, 0.25) is 0 Å². The summed E-state index contributed by atoms with van der Waals surface area (Å²) in [6, 6.07) is 29.1. The molecule has 0 saturated heterocycles. The van der Waals surface area contributed by atoms with Gasteiger partial charge < -0.3 is 26.4 Å². The monoisotopic (exact) mass is 580 g/mol. The van der Waals surface area contributed by atoms with Crippen molar-refractivity contribution < 1.29 is 23.9 Å². The molecule has 9 nitrogen and oxygen atoms in total. The predicted molar refractivity (Wildman–Crippen MR) is 164 cm³/mol. The van der Waals surface area contributed by atoms with Crippen LogP contribution in [-0.4, -0.2) is 36.5 Å². The van der Waals surface area contributed by atoms with Crippen molar-refractivity contribution >= 4 is 52.8 Å². The number of hydrogen-bond donors (Lipinski definition) is 4. The summed E-state index contributed by atoms with van der Waals surface area (Å²) in [4.78, 5) is 50.9. The number of para-hydroxylation sites is 1. The van der Waals surface area contributed by atoms with Crippen LogP contribution < -0.4 is 26.4 Å². The van der Waals surface area contributed by atoms with E-state index in [1.54, 1.807) is 116 Å². The molecule has 0 aliphatic carbocycles. The predicted octanol–water partition coefficient (Wildman–Crippen LogP) is 4.93. The van der Waals surface area contributed by atoms with Crippen molar-refractivity contribution in [2.45, 2.75) is 4.90 Å². The van der Waals surface area contributed by atoms with Gasteiger partial charge in [-0.15, -0.1) is 11.8 Å². The number of anilines is 2. The van der Waals surface area contributed by atoms with Crippen LogP contribution in [-0.2, 0) is 9.59 Å². The topological polar surface area (TPSA) is 140 Å². The molecule has 0 bridgehead atoms. The molecule has 0 fully saturated rings. The van der Waals surface area contributed by atoms with Gasteiger partial charge in [-0.2, -0.15) is 0 Å². The molecule has 212 valence electrons. The molecular formula is C32H28N4O5S. The average molecular weight is 581 g/mol. The number of hydrogen-bond acceptors (Lipinski definition) is 6. The minimum atomic E-state index is -0.627. The van der Waals surface area contributed by atoms with Gasteiger partial charge >= 0.3 is 0 Å². The van der Waals surface area contributed by atoms with E-state index in [9.17, 15) is 19.2 Å². The Morgan fingerprint density at radius 3 is 2.14 bits per heavy atom. The molecule has 0 heterocycles. The summed E-state index contributed by atoms with van der Waals surface area (Å²) < 4.78 is 5.19. The Balaban J connectivity index is 1.41. The number of rotatable bonds is 11. The zero-order valence-corrected chi connectivity index (χ0v) is 23.4. The third-order valence-electron chi connectivity index (χ3n) is 5.90. The molecule has 0 spiro atoms. The first-order chi connectivity index (χ1) is 20.3. The first-order valence-corrected chi connectivity index (χ1v) is 13.8. The van der Waals surface area contributed by atoms with E-state index in [0.29, 0.717) is 28.3 Å². The number of carbonyl (C=O) groups is 4. The normalized spacial score (nSPS) is 10.8. The van der Waals surface area contributed by atoms with Crippen LogP contribution in [0.25, 0.3) is 6.08 Å². The number of primary amides is 1. The molecule has 0 aromatic heterocycles. The van der Waals surface area contributed by atoms with Crippen molar-refractivity contribution in [1.29, 1.82) is 0 Å². The van der Waals surface area contributed by atoms with E-state index in [4.69, 9.17) is 10.5 Å². The number of nitrogens with two attached hydrogens (primary N) is 1. The number of benzene rings is 4. The van der Waals surface area contributed by atoms with Crippen molar-refractivity contribution in [1.82, 2.24) is 5.32 Å². The van der Waals surface area contributed by atoms with Gasteiger partial charge in [0.2, 0.25) is 5.91 Å². The van der Waals surface area contributed by atoms with Crippen LogP contribution >= 0.6 is 11.8 Å². The highest BCUT2D eigenvalue weighted by molar-refractivity contribution is 8.00. The number of thioether (sulfide) groups is 1. The second kappa shape index (κ2) is 14.3. The van der Waals surface area contributed by atoms with Crippen LogP contribution in [0, 0.1) is 0 Å². The third kappa shape index (κ3) is 8.33. The maximum Gasteiger partial charge on any atom is 0.272 e. The van der Waals surface area contributed by atoms with Gasteiger partial charge in [-0.25, -0.2) is 0 Å². The van der Waals surface area contributed by atoms with Gasteiger partial charge in [0.25, 0.3) is 17.7 Å². The smallest absolute Gasteiger partial charge is 0.272 e. The number of amides is 4. The first kappa shape index (κ1) is 29.6. The minimum Gasteiger partial charge on any atom is -0.497 e. The summed E-state index contributed by atoms with van der Waals surface area (Å²) in [5.74, 6) is -1.10. The van der Waals surface area contributed by atoms with E-state index < -0.39 is 17.7 Å². The van der Waals surface area contributed by atoms with Gasteiger partial charge in [0.1, 0.15) is 11.4 Å². The largest absolute Gasteiger partial charge is 0.497 e. The van der Waals surface area contributed by atoms with Crippen molar-refractivity contribution in [2.24, 2.45) is 5.73 Å². The highest BCUT2D eigenvalue weighted by Crippen LogP contribution is 2.22. The lowest BCUT2D eigenvalue weighted by Crippen LogP contribution is -2.30. The first-order valence-electron chi connectivity index (χ1n) is 12.8. The lowest BCUT2D eigenvalue weighted by molar-refractivity contribution is -0.114. The molecule has 0 saturated carbocycles. The molecule has 4 rings (SSSR count). The Kier molecular flexibility index (Phi) is 10.1. The Morgan fingerprint density at radius 2 is 1.48 bits per heavy atom. The SMILES string of the molecule is COc1ccc(/C=C(\NC(=O)c2ccccc2)C(=O)Nc2ccc(SCC(=O)Nc3ccccc3C(N)=O)cc2)cc1. The molecule has 0 radical (unpaired) electrons. The second-order valence-electron chi connectivity index (χ2n) is 8.88. The average Bonchev–Trinajstić information content (AvgIpc) is 3.01. The fourth-order valence-electron chi connectivity index (χ4n) is 3.78. The maximum absolute atomic E-state index is 13.2. The standard InChI is InChI=1S/C32H28N4O5S/c1-41-24-15-11-21(12-16-24)19-28(36-31(39)22-7-3-2-4-8-22)32(40)34-23-13-17-25(18-14-23)42-20-29(37)35-27-10-6-5-9-26(27)30(33)38/h2-19H,20H2,1H3,(H2,33,38)(H,34,40)(H,35,37)(H,36,39)/b28-19-. The van der Waals surface area contributed by atoms with Crippen molar-refractivity contribution in [3.8, 4) is 5.75 Å². The van der Waals surface area contributed by atoms with Gasteiger partial charge in [0, 0.05) is 16.1 Å². The molecule has 0 aliphatic rings. The highest BCUT2D eigenvalue weighted by atomic mass is 32.2. The van der Waals surface area contributed by atoms with Gasteiger partial charge in [-0.1, -0.05) is 42.5 Å². The Morgan fingerprint density at radius 1 is 0.810 bits per heavy atom. The summed E-state index contributed by atoms with van der Waals surface area (Å²) in [5, 5.41) is 8.21.